The molecule has 0 aromatic carbocycles. The molecule has 0 amide bonds. The van der Waals surface area contributed by atoms with Gasteiger partial charge >= 0.3 is 5.97 Å². The third kappa shape index (κ3) is 2.62. The predicted molar refractivity (Wildman–Crippen MR) is 92.7 cm³/mol. The van der Waals surface area contributed by atoms with Crippen LogP contribution in [0, 0.1) is 22.7 Å². The van der Waals surface area contributed by atoms with Gasteiger partial charge in [-0.25, -0.2) is 0 Å². The van der Waals surface area contributed by atoms with Gasteiger partial charge in [0.05, 0.1) is 23.2 Å². The number of carboxylic acids is 1. The molecule has 4 nitrogen and oxygen atoms in total. The molecule has 0 radical (unpaired) electrons. The lowest BCUT2D eigenvalue weighted by atomic mass is 9.45. The molecule has 1 spiro atoms. The van der Waals surface area contributed by atoms with Gasteiger partial charge in [-0.2, -0.15) is 0 Å². The van der Waals surface area contributed by atoms with Crippen LogP contribution in [0.1, 0.15) is 65.7 Å². The van der Waals surface area contributed by atoms with Crippen molar-refractivity contribution in [1.29, 1.82) is 0 Å². The van der Waals surface area contributed by atoms with E-state index < -0.39 is 17.0 Å². The Labute approximate surface area is 145 Å². The van der Waals surface area contributed by atoms with Gasteiger partial charge in [0.25, 0.3) is 0 Å². The first-order valence-electron chi connectivity index (χ1n) is 9.33. The third-order valence-corrected chi connectivity index (χ3v) is 7.65. The lowest BCUT2D eigenvalue weighted by Crippen LogP contribution is -2.57. The highest BCUT2D eigenvalue weighted by Gasteiger charge is 2.66. The molecule has 3 aliphatic rings. The fourth-order valence-corrected chi connectivity index (χ4v) is 5.97. The minimum atomic E-state index is -0.871. The van der Waals surface area contributed by atoms with Crippen molar-refractivity contribution in [3.63, 3.8) is 0 Å². The summed E-state index contributed by atoms with van der Waals surface area (Å²) in [4.78, 5) is 12.0. The normalized spacial score (nSPS) is 46.8. The molecule has 2 aliphatic carbocycles. The summed E-state index contributed by atoms with van der Waals surface area (Å²) >= 11 is 0. The number of carbonyl (C=O) groups is 1. The molecule has 136 valence electrons. The molecule has 0 aromatic heterocycles. The molecule has 6 atom stereocenters. The zero-order valence-corrected chi connectivity index (χ0v) is 15.3. The molecule has 0 aromatic rings. The number of epoxide rings is 1. The maximum atomic E-state index is 12.0. The van der Waals surface area contributed by atoms with Crippen LogP contribution in [0.15, 0.2) is 12.7 Å². The minimum absolute atomic E-state index is 0.0304. The molecule has 1 saturated heterocycles. The van der Waals surface area contributed by atoms with Gasteiger partial charge in [0, 0.05) is 0 Å². The maximum Gasteiger partial charge on any atom is 0.309 e. The van der Waals surface area contributed by atoms with Gasteiger partial charge in [0.1, 0.15) is 0 Å². The molecule has 1 heterocycles. The topological polar surface area (TPSA) is 70.1 Å². The van der Waals surface area contributed by atoms with E-state index in [2.05, 4.69) is 13.5 Å². The van der Waals surface area contributed by atoms with Crippen LogP contribution >= 0.6 is 0 Å². The number of fused-ring (bicyclic) bond motifs is 1. The van der Waals surface area contributed by atoms with Crippen molar-refractivity contribution in [2.45, 2.75) is 76.9 Å². The molecular formula is C20H32O4. The summed E-state index contributed by atoms with van der Waals surface area (Å²) in [6, 6.07) is 0. The van der Waals surface area contributed by atoms with Crippen molar-refractivity contribution in [2.24, 2.45) is 22.7 Å². The number of aliphatic hydroxyl groups is 1. The second kappa shape index (κ2) is 5.57. The number of carboxylic acid groups (broad SMARTS) is 1. The predicted octanol–water partition coefficient (Wildman–Crippen LogP) is 3.78. The smallest absolute Gasteiger partial charge is 0.309 e. The summed E-state index contributed by atoms with van der Waals surface area (Å²) in [5.74, 6) is -0.151. The number of aliphatic carboxylic acids is 1. The van der Waals surface area contributed by atoms with Crippen LogP contribution in [0.3, 0.4) is 0 Å². The Morgan fingerprint density at radius 2 is 2.04 bits per heavy atom. The van der Waals surface area contributed by atoms with Crippen LogP contribution in [-0.4, -0.2) is 34.0 Å². The number of hydrogen-bond acceptors (Lipinski definition) is 3. The monoisotopic (exact) mass is 336 g/mol. The summed E-state index contributed by atoms with van der Waals surface area (Å²) in [7, 11) is 0. The first-order chi connectivity index (χ1) is 11.1. The Morgan fingerprint density at radius 3 is 2.58 bits per heavy atom. The molecular weight excluding hydrogens is 304 g/mol. The molecule has 6 unspecified atom stereocenters. The highest BCUT2D eigenvalue weighted by atomic mass is 16.6. The van der Waals surface area contributed by atoms with Crippen molar-refractivity contribution >= 4 is 5.97 Å². The highest BCUT2D eigenvalue weighted by molar-refractivity contribution is 5.75. The van der Waals surface area contributed by atoms with Crippen LogP contribution in [0.4, 0.5) is 0 Å². The van der Waals surface area contributed by atoms with E-state index in [0.717, 1.165) is 45.1 Å². The van der Waals surface area contributed by atoms with Gasteiger partial charge in [0.15, 0.2) is 0 Å². The maximum absolute atomic E-state index is 12.0. The third-order valence-electron chi connectivity index (χ3n) is 7.65. The Bertz CT molecular complexity index is 536. The second-order valence-corrected chi connectivity index (χ2v) is 9.18. The van der Waals surface area contributed by atoms with Crippen LogP contribution in [-0.2, 0) is 9.53 Å². The molecule has 1 aliphatic heterocycles. The fraction of sp³-hybridized carbons (Fsp3) is 0.850. The van der Waals surface area contributed by atoms with Crippen molar-refractivity contribution in [2.75, 3.05) is 6.61 Å². The quantitative estimate of drug-likeness (QED) is 0.592. The summed E-state index contributed by atoms with van der Waals surface area (Å²) in [5.41, 5.74) is -1.61. The number of ether oxygens (including phenoxy) is 1. The summed E-state index contributed by atoms with van der Waals surface area (Å²) in [6.07, 6.45) is 7.81. The number of rotatable bonds is 5. The highest BCUT2D eigenvalue weighted by Crippen LogP contribution is 2.66. The van der Waals surface area contributed by atoms with Crippen molar-refractivity contribution in [1.82, 2.24) is 0 Å². The summed E-state index contributed by atoms with van der Waals surface area (Å²) in [6.45, 7) is 10.6. The van der Waals surface area contributed by atoms with Gasteiger partial charge in [-0.1, -0.05) is 19.4 Å². The SMILES string of the molecule is C=CC(C)(O)CCC1C2(CCC3C(C)(C(=O)O)CCCC13C)CO2. The van der Waals surface area contributed by atoms with Gasteiger partial charge < -0.3 is 14.9 Å². The Hall–Kier alpha value is -0.870. The molecule has 3 fully saturated rings. The fourth-order valence-electron chi connectivity index (χ4n) is 5.97. The Kier molecular flexibility index (Phi) is 4.16. The molecule has 0 bridgehead atoms. The second-order valence-electron chi connectivity index (χ2n) is 9.18. The van der Waals surface area contributed by atoms with E-state index in [-0.39, 0.29) is 16.9 Å². The van der Waals surface area contributed by atoms with Crippen molar-refractivity contribution < 1.29 is 19.7 Å². The van der Waals surface area contributed by atoms with Crippen molar-refractivity contribution in [3.05, 3.63) is 12.7 Å². The molecule has 2 N–H and O–H groups in total. The Balaban J connectivity index is 1.90. The molecule has 24 heavy (non-hydrogen) atoms. The molecule has 3 rings (SSSR count). The van der Waals surface area contributed by atoms with Gasteiger partial charge in [-0.3, -0.25) is 4.79 Å². The average molecular weight is 336 g/mol. The van der Waals surface area contributed by atoms with E-state index in [1.807, 2.05) is 6.92 Å². The summed E-state index contributed by atoms with van der Waals surface area (Å²) in [5, 5.41) is 20.3. The van der Waals surface area contributed by atoms with Crippen LogP contribution in [0.2, 0.25) is 0 Å². The van der Waals surface area contributed by atoms with Gasteiger partial charge in [0.2, 0.25) is 0 Å². The average Bonchev–Trinajstić information content (AvgIpc) is 3.26. The van der Waals surface area contributed by atoms with E-state index in [9.17, 15) is 15.0 Å². The van der Waals surface area contributed by atoms with Crippen LogP contribution < -0.4 is 0 Å². The van der Waals surface area contributed by atoms with E-state index in [0.29, 0.717) is 12.3 Å². The zero-order valence-electron chi connectivity index (χ0n) is 15.3. The first-order valence-corrected chi connectivity index (χ1v) is 9.33. The first kappa shape index (κ1) is 17.9. The van der Waals surface area contributed by atoms with E-state index in [1.165, 1.54) is 0 Å². The van der Waals surface area contributed by atoms with E-state index >= 15 is 0 Å². The van der Waals surface area contributed by atoms with Gasteiger partial charge in [-0.15, -0.1) is 6.58 Å². The lowest BCUT2D eigenvalue weighted by molar-refractivity contribution is -0.172. The van der Waals surface area contributed by atoms with Gasteiger partial charge in [-0.05, 0) is 69.6 Å². The van der Waals surface area contributed by atoms with E-state index in [1.54, 1.807) is 13.0 Å². The largest absolute Gasteiger partial charge is 0.481 e. The van der Waals surface area contributed by atoms with E-state index in [4.69, 9.17) is 4.74 Å². The molecule has 2 saturated carbocycles. The zero-order chi connectivity index (χ0) is 17.8. The standard InChI is InChI=1S/C20H32O4/c1-5-17(2,23)11-7-15-18(3)9-6-10-19(4,16(21)22)14(18)8-12-20(15)13-24-20/h5,14-15,23H,1,6-13H2,2-4H3,(H,21,22). The number of hydrogen-bond donors (Lipinski definition) is 2. The van der Waals surface area contributed by atoms with Crippen molar-refractivity contribution in [3.8, 4) is 0 Å². The minimum Gasteiger partial charge on any atom is -0.481 e. The summed E-state index contributed by atoms with van der Waals surface area (Å²) < 4.78 is 5.94. The van der Waals surface area contributed by atoms with Crippen LogP contribution in [0.5, 0.6) is 0 Å². The molecule has 4 heteroatoms. The lowest BCUT2D eigenvalue weighted by Gasteiger charge is -2.58. The van der Waals surface area contributed by atoms with Crippen LogP contribution in [0.25, 0.3) is 0 Å². The Morgan fingerprint density at radius 1 is 1.38 bits per heavy atom.